The maximum Gasteiger partial charge on any atom is 0.253 e. The number of primary amides is 1. The van der Waals surface area contributed by atoms with Crippen LogP contribution in [0.3, 0.4) is 0 Å². The van der Waals surface area contributed by atoms with E-state index in [1.54, 1.807) is 7.05 Å². The molecule has 3 rings (SSSR count). The lowest BCUT2D eigenvalue weighted by atomic mass is 9.85. The van der Waals surface area contributed by atoms with Gasteiger partial charge in [-0.1, -0.05) is 0 Å². The van der Waals surface area contributed by atoms with Crippen molar-refractivity contribution in [1.82, 2.24) is 4.90 Å². The molecule has 0 aliphatic carbocycles. The highest BCUT2D eigenvalue weighted by Gasteiger charge is 2.37. The van der Waals surface area contributed by atoms with Crippen LogP contribution in [0.4, 0.5) is 24.5 Å². The normalized spacial score (nSPS) is 16.6. The minimum absolute atomic E-state index is 0.00214. The Morgan fingerprint density at radius 2 is 1.73 bits per heavy atom. The van der Waals surface area contributed by atoms with Crippen molar-refractivity contribution in [3.05, 3.63) is 71.7 Å². The number of carbonyl (C=O) groups is 1. The Balaban J connectivity index is 1.80. The molecular formula is C23H27F3N6O. The Morgan fingerprint density at radius 1 is 1.09 bits per heavy atom. The van der Waals surface area contributed by atoms with Crippen LogP contribution in [0, 0.1) is 17.5 Å². The Hall–Kier alpha value is -3.53. The molecule has 176 valence electrons. The first kappa shape index (κ1) is 24.1. The fourth-order valence-corrected chi connectivity index (χ4v) is 3.87. The average molecular weight is 461 g/mol. The lowest BCUT2D eigenvalue weighted by Gasteiger charge is -2.47. The zero-order valence-corrected chi connectivity index (χ0v) is 18.3. The van der Waals surface area contributed by atoms with Gasteiger partial charge < -0.3 is 27.0 Å². The van der Waals surface area contributed by atoms with Gasteiger partial charge in [0.2, 0.25) is 0 Å². The molecule has 1 fully saturated rings. The lowest BCUT2D eigenvalue weighted by Crippen LogP contribution is -2.57. The first-order chi connectivity index (χ1) is 15.6. The highest BCUT2D eigenvalue weighted by molar-refractivity contribution is 6.20. The van der Waals surface area contributed by atoms with Gasteiger partial charge in [-0.05, 0) is 49.2 Å². The molecule has 0 bridgehead atoms. The van der Waals surface area contributed by atoms with Crippen molar-refractivity contribution in [2.24, 2.45) is 22.2 Å². The largest absolute Gasteiger partial charge is 0.383 e. The molecule has 1 saturated heterocycles. The van der Waals surface area contributed by atoms with Gasteiger partial charge >= 0.3 is 0 Å². The van der Waals surface area contributed by atoms with E-state index in [1.807, 2.05) is 9.80 Å². The summed E-state index contributed by atoms with van der Waals surface area (Å²) in [6.07, 6.45) is 2.71. The summed E-state index contributed by atoms with van der Waals surface area (Å²) in [5, 5.41) is 0. The van der Waals surface area contributed by atoms with Crippen LogP contribution in [0.25, 0.3) is 0 Å². The summed E-state index contributed by atoms with van der Waals surface area (Å²) in [7, 11) is 1.77. The Morgan fingerprint density at radius 3 is 2.27 bits per heavy atom. The van der Waals surface area contributed by atoms with Gasteiger partial charge in [-0.25, -0.2) is 18.2 Å². The first-order valence-corrected chi connectivity index (χ1v) is 10.4. The minimum Gasteiger partial charge on any atom is -0.383 e. The second-order valence-corrected chi connectivity index (χ2v) is 8.01. The van der Waals surface area contributed by atoms with Gasteiger partial charge in [0.05, 0.1) is 16.8 Å². The Kier molecular flexibility index (Phi) is 7.27. The first-order valence-electron chi connectivity index (χ1n) is 10.4. The van der Waals surface area contributed by atoms with Crippen molar-refractivity contribution in [3.63, 3.8) is 0 Å². The minimum atomic E-state index is -0.898. The van der Waals surface area contributed by atoms with Crippen LogP contribution in [0.15, 0.2) is 59.2 Å². The standard InChI is InChI=1S/C23H27F3N6O/c1-31(13-18(22(29)33)21(28)30-16-4-2-15(24)3-5-16)23(14-27)8-10-32(11-9-23)17-6-7-19(25)20(26)12-17/h2-7,12-13H,8-11,14,27H2,1H3,(H2,28,30)(H2,29,33)/b18-13+. The molecule has 0 unspecified atom stereocenters. The second kappa shape index (κ2) is 9.95. The monoisotopic (exact) mass is 460 g/mol. The lowest BCUT2D eigenvalue weighted by molar-refractivity contribution is -0.114. The van der Waals surface area contributed by atoms with Crippen molar-refractivity contribution in [3.8, 4) is 0 Å². The van der Waals surface area contributed by atoms with Crippen molar-refractivity contribution < 1.29 is 18.0 Å². The number of nitrogens with zero attached hydrogens (tertiary/aromatic N) is 3. The zero-order chi connectivity index (χ0) is 24.2. The molecule has 7 nitrogen and oxygen atoms in total. The maximum atomic E-state index is 13.6. The summed E-state index contributed by atoms with van der Waals surface area (Å²) in [6, 6.07) is 9.14. The summed E-state index contributed by atoms with van der Waals surface area (Å²) in [5.74, 6) is -3.08. The number of rotatable bonds is 7. The van der Waals surface area contributed by atoms with E-state index in [0.29, 0.717) is 37.3 Å². The summed E-state index contributed by atoms with van der Waals surface area (Å²) in [6.45, 7) is 1.38. The SMILES string of the molecule is CN(/C=C(/C(N)=O)C(N)=Nc1ccc(F)cc1)C1(CN)CCN(c2ccc(F)c(F)c2)CC1. The molecule has 2 aromatic carbocycles. The molecule has 6 N–H and O–H groups in total. The number of amidine groups is 1. The van der Waals surface area contributed by atoms with E-state index in [0.717, 1.165) is 6.07 Å². The van der Waals surface area contributed by atoms with Gasteiger partial charge in [0.15, 0.2) is 11.6 Å². The predicted octanol–water partition coefficient (Wildman–Crippen LogP) is 2.39. The summed E-state index contributed by atoms with van der Waals surface area (Å²) in [4.78, 5) is 20.0. The van der Waals surface area contributed by atoms with E-state index < -0.39 is 28.9 Å². The van der Waals surface area contributed by atoms with E-state index in [2.05, 4.69) is 4.99 Å². The van der Waals surface area contributed by atoms with Gasteiger partial charge in [-0.15, -0.1) is 0 Å². The van der Waals surface area contributed by atoms with Crippen LogP contribution in [-0.2, 0) is 4.79 Å². The van der Waals surface area contributed by atoms with Crippen molar-refractivity contribution in [2.45, 2.75) is 18.4 Å². The highest BCUT2D eigenvalue weighted by atomic mass is 19.2. The van der Waals surface area contributed by atoms with Gasteiger partial charge in [0.25, 0.3) is 5.91 Å². The zero-order valence-electron chi connectivity index (χ0n) is 18.3. The van der Waals surface area contributed by atoms with Crippen LogP contribution >= 0.6 is 0 Å². The van der Waals surface area contributed by atoms with Crippen molar-refractivity contribution in [1.29, 1.82) is 0 Å². The molecular weight excluding hydrogens is 433 g/mol. The molecule has 0 saturated carbocycles. The molecule has 0 radical (unpaired) electrons. The second-order valence-electron chi connectivity index (χ2n) is 8.01. The third-order valence-corrected chi connectivity index (χ3v) is 6.03. The van der Waals surface area contributed by atoms with E-state index in [4.69, 9.17) is 17.2 Å². The quantitative estimate of drug-likeness (QED) is 0.334. The Labute approximate surface area is 190 Å². The molecule has 0 aromatic heterocycles. The molecule has 1 aliphatic heterocycles. The summed E-state index contributed by atoms with van der Waals surface area (Å²) >= 11 is 0. The molecule has 10 heteroatoms. The number of amides is 1. The predicted molar refractivity (Wildman–Crippen MR) is 122 cm³/mol. The van der Waals surface area contributed by atoms with Crippen LogP contribution in [0.1, 0.15) is 12.8 Å². The van der Waals surface area contributed by atoms with E-state index in [9.17, 15) is 18.0 Å². The number of hydrogen-bond donors (Lipinski definition) is 3. The van der Waals surface area contributed by atoms with Gasteiger partial charge in [-0.2, -0.15) is 0 Å². The van der Waals surface area contributed by atoms with Crippen molar-refractivity contribution >= 4 is 23.1 Å². The smallest absolute Gasteiger partial charge is 0.253 e. The molecule has 2 aromatic rings. The van der Waals surface area contributed by atoms with Crippen LogP contribution < -0.4 is 22.1 Å². The topological polar surface area (TPSA) is 114 Å². The van der Waals surface area contributed by atoms with E-state index in [1.165, 1.54) is 42.6 Å². The maximum absolute atomic E-state index is 13.6. The number of piperidine rings is 1. The molecule has 1 heterocycles. The fraction of sp³-hybridized carbons (Fsp3) is 0.304. The van der Waals surface area contributed by atoms with E-state index >= 15 is 0 Å². The molecule has 1 amide bonds. The number of aliphatic imine (C=N–C) groups is 1. The van der Waals surface area contributed by atoms with Gasteiger partial charge in [0, 0.05) is 44.6 Å². The average Bonchev–Trinajstić information content (AvgIpc) is 2.80. The highest BCUT2D eigenvalue weighted by Crippen LogP contribution is 2.31. The van der Waals surface area contributed by atoms with Crippen LogP contribution in [0.5, 0.6) is 0 Å². The number of anilines is 1. The fourth-order valence-electron chi connectivity index (χ4n) is 3.87. The number of nitrogens with two attached hydrogens (primary N) is 3. The number of benzene rings is 2. The van der Waals surface area contributed by atoms with Crippen LogP contribution in [0.2, 0.25) is 0 Å². The van der Waals surface area contributed by atoms with Crippen LogP contribution in [-0.4, -0.2) is 48.9 Å². The third-order valence-electron chi connectivity index (χ3n) is 6.03. The van der Waals surface area contributed by atoms with Gasteiger partial charge in [-0.3, -0.25) is 4.79 Å². The van der Waals surface area contributed by atoms with Crippen molar-refractivity contribution in [2.75, 3.05) is 31.6 Å². The molecule has 0 atom stereocenters. The third kappa shape index (κ3) is 5.46. The molecule has 33 heavy (non-hydrogen) atoms. The van der Waals surface area contributed by atoms with E-state index in [-0.39, 0.29) is 18.0 Å². The number of hydrogen-bond acceptors (Lipinski definition) is 5. The number of likely N-dealkylation sites (N-methyl/N-ethyl adjacent to an activating group) is 1. The summed E-state index contributed by atoms with van der Waals surface area (Å²) in [5.41, 5.74) is 18.1. The van der Waals surface area contributed by atoms with Gasteiger partial charge in [0.1, 0.15) is 11.7 Å². The molecule has 1 aliphatic rings. The number of halogens is 3. The Bertz CT molecular complexity index is 1060. The number of carbonyl (C=O) groups excluding carboxylic acids is 1. The molecule has 0 spiro atoms. The summed E-state index contributed by atoms with van der Waals surface area (Å²) < 4.78 is 40.0.